The van der Waals surface area contributed by atoms with Crippen molar-refractivity contribution in [2.75, 3.05) is 17.8 Å². The van der Waals surface area contributed by atoms with Crippen LogP contribution in [-0.2, 0) is 0 Å². The van der Waals surface area contributed by atoms with Gasteiger partial charge in [0.15, 0.2) is 5.82 Å². The Morgan fingerprint density at radius 1 is 1.20 bits per heavy atom. The van der Waals surface area contributed by atoms with Crippen LogP contribution in [0.4, 0.5) is 5.69 Å². The van der Waals surface area contributed by atoms with Crippen molar-refractivity contribution >= 4 is 17.4 Å². The normalized spacial score (nSPS) is 15.6. The van der Waals surface area contributed by atoms with Gasteiger partial charge in [-0.15, -0.1) is 10.2 Å². The zero-order valence-corrected chi connectivity index (χ0v) is 14.0. The van der Waals surface area contributed by atoms with Crippen LogP contribution in [0.5, 0.6) is 5.75 Å². The molecule has 2 heterocycles. The van der Waals surface area contributed by atoms with Gasteiger partial charge in [-0.2, -0.15) is 0 Å². The molecule has 9 heteroatoms. The van der Waals surface area contributed by atoms with Gasteiger partial charge in [0.1, 0.15) is 11.1 Å². The predicted octanol–water partition coefficient (Wildman–Crippen LogP) is 3.00. The Bertz CT molecular complexity index is 897. The van der Waals surface area contributed by atoms with Gasteiger partial charge >= 0.3 is 0 Å². The maximum Gasteiger partial charge on any atom is 0.212 e. The first-order valence-electron chi connectivity index (χ1n) is 7.45. The molecule has 8 nitrogen and oxygen atoms in total. The Morgan fingerprint density at radius 3 is 2.68 bits per heavy atom. The molecule has 0 bridgehead atoms. The van der Waals surface area contributed by atoms with Crippen LogP contribution in [0.3, 0.4) is 0 Å². The molecule has 3 aromatic rings. The second kappa shape index (κ2) is 6.28. The standard InChI is InChI=1S/C16H14N5O3S/c1-24-13-5-3-2-4-12(13)14-17-18-16-20(14)19-15(25-16)10-6-8-11(9-7-10)21(22)23/h2-9,15,19,22H,1H3/q-1. The van der Waals surface area contributed by atoms with Crippen molar-refractivity contribution in [3.63, 3.8) is 0 Å². The maximum absolute atomic E-state index is 10.9. The van der Waals surface area contributed by atoms with Crippen LogP contribution in [0.1, 0.15) is 10.9 Å². The maximum atomic E-state index is 10.9. The summed E-state index contributed by atoms with van der Waals surface area (Å²) in [6, 6.07) is 14.3. The van der Waals surface area contributed by atoms with Crippen LogP contribution < -0.4 is 15.4 Å². The van der Waals surface area contributed by atoms with Crippen LogP contribution in [0, 0.1) is 5.21 Å². The molecule has 1 aliphatic rings. The minimum absolute atomic E-state index is 0.0770. The number of benzene rings is 2. The molecular weight excluding hydrogens is 342 g/mol. The highest BCUT2D eigenvalue weighted by Crippen LogP contribution is 2.41. The van der Waals surface area contributed by atoms with E-state index in [2.05, 4.69) is 15.6 Å². The minimum Gasteiger partial charge on any atom is -0.733 e. The topological polar surface area (TPSA) is 98.5 Å². The van der Waals surface area contributed by atoms with E-state index in [-0.39, 0.29) is 16.3 Å². The summed E-state index contributed by atoms with van der Waals surface area (Å²) < 4.78 is 7.23. The van der Waals surface area contributed by atoms with E-state index >= 15 is 0 Å². The van der Waals surface area contributed by atoms with Crippen LogP contribution in [0.25, 0.3) is 11.4 Å². The fourth-order valence-corrected chi connectivity index (χ4v) is 3.63. The van der Waals surface area contributed by atoms with Crippen LogP contribution in [0.2, 0.25) is 0 Å². The molecule has 1 unspecified atom stereocenters. The number of anilines is 1. The molecule has 0 spiro atoms. The summed E-state index contributed by atoms with van der Waals surface area (Å²) in [6.07, 6.45) is 0. The number of nitrogens with zero attached hydrogens (tertiary/aromatic N) is 4. The number of methoxy groups -OCH3 is 1. The van der Waals surface area contributed by atoms with E-state index in [1.165, 1.54) is 11.8 Å². The summed E-state index contributed by atoms with van der Waals surface area (Å²) in [5.41, 5.74) is 5.32. The van der Waals surface area contributed by atoms with Gasteiger partial charge in [0.2, 0.25) is 5.16 Å². The molecule has 2 aromatic carbocycles. The van der Waals surface area contributed by atoms with Crippen molar-refractivity contribution in [3.8, 4) is 17.1 Å². The van der Waals surface area contributed by atoms with E-state index in [4.69, 9.17) is 9.94 Å². The lowest BCUT2D eigenvalue weighted by atomic mass is 10.2. The Labute approximate surface area is 147 Å². The fraction of sp³-hybridized carbons (Fsp3) is 0.125. The van der Waals surface area contributed by atoms with Crippen molar-refractivity contribution in [3.05, 3.63) is 59.3 Å². The zero-order chi connectivity index (χ0) is 17.4. The average molecular weight is 356 g/mol. The van der Waals surface area contributed by atoms with E-state index < -0.39 is 0 Å². The number of ether oxygens (including phenoxy) is 1. The molecule has 128 valence electrons. The highest BCUT2D eigenvalue weighted by atomic mass is 32.2. The van der Waals surface area contributed by atoms with Crippen molar-refractivity contribution in [2.45, 2.75) is 10.5 Å². The van der Waals surface area contributed by atoms with Crippen molar-refractivity contribution in [1.29, 1.82) is 0 Å². The first-order valence-corrected chi connectivity index (χ1v) is 8.33. The molecule has 1 aliphatic heterocycles. The number of aromatic nitrogens is 3. The molecule has 0 radical (unpaired) electrons. The van der Waals surface area contributed by atoms with E-state index in [0.717, 1.165) is 22.0 Å². The van der Waals surface area contributed by atoms with Gasteiger partial charge in [-0.1, -0.05) is 36.0 Å². The highest BCUT2D eigenvalue weighted by molar-refractivity contribution is 7.99. The molecule has 0 amide bonds. The summed E-state index contributed by atoms with van der Waals surface area (Å²) in [7, 11) is 1.62. The van der Waals surface area contributed by atoms with Gasteiger partial charge in [0.05, 0.1) is 18.4 Å². The van der Waals surface area contributed by atoms with Gasteiger partial charge < -0.3 is 20.6 Å². The minimum atomic E-state index is -0.159. The van der Waals surface area contributed by atoms with Crippen LogP contribution >= 0.6 is 11.8 Å². The average Bonchev–Trinajstić information content (AvgIpc) is 3.22. The lowest BCUT2D eigenvalue weighted by Gasteiger charge is -2.22. The largest absolute Gasteiger partial charge is 0.733 e. The lowest BCUT2D eigenvalue weighted by Crippen LogP contribution is -2.14. The van der Waals surface area contributed by atoms with E-state index in [1.54, 1.807) is 31.4 Å². The highest BCUT2D eigenvalue weighted by Gasteiger charge is 2.29. The summed E-state index contributed by atoms with van der Waals surface area (Å²) in [5, 5.41) is 28.8. The second-order valence-corrected chi connectivity index (χ2v) is 6.41. The summed E-state index contributed by atoms with van der Waals surface area (Å²) in [5.74, 6) is 1.39. The number of nitrogens with one attached hydrogen (secondary N) is 1. The number of hydrogen-bond acceptors (Lipinski definition) is 8. The van der Waals surface area contributed by atoms with Gasteiger partial charge in [-0.25, -0.2) is 4.68 Å². The number of fused-ring (bicyclic) bond motifs is 1. The lowest BCUT2D eigenvalue weighted by molar-refractivity contribution is 0.296. The van der Waals surface area contributed by atoms with E-state index in [0.29, 0.717) is 5.82 Å². The number of para-hydroxylation sites is 1. The Morgan fingerprint density at radius 2 is 1.96 bits per heavy atom. The fourth-order valence-electron chi connectivity index (χ4n) is 2.63. The van der Waals surface area contributed by atoms with Gasteiger partial charge in [-0.3, -0.25) is 5.21 Å². The van der Waals surface area contributed by atoms with Crippen LogP contribution in [0.15, 0.2) is 53.7 Å². The smallest absolute Gasteiger partial charge is 0.212 e. The van der Waals surface area contributed by atoms with E-state index in [1.807, 2.05) is 28.9 Å². The second-order valence-electron chi connectivity index (χ2n) is 5.33. The molecule has 25 heavy (non-hydrogen) atoms. The molecule has 1 atom stereocenters. The number of hydrogen-bond donors (Lipinski definition) is 2. The molecule has 4 rings (SSSR count). The van der Waals surface area contributed by atoms with Crippen molar-refractivity contribution in [2.24, 2.45) is 0 Å². The Kier molecular flexibility index (Phi) is 3.96. The summed E-state index contributed by atoms with van der Waals surface area (Å²) >= 11 is 1.52. The van der Waals surface area contributed by atoms with Gasteiger partial charge in [-0.05, 0) is 29.8 Å². The monoisotopic (exact) mass is 356 g/mol. The Hall–Kier alpha value is -2.75. The molecule has 0 fully saturated rings. The number of rotatable bonds is 4. The van der Waals surface area contributed by atoms with Gasteiger partial charge in [0.25, 0.3) is 0 Å². The third kappa shape index (κ3) is 2.78. The predicted molar refractivity (Wildman–Crippen MR) is 94.0 cm³/mol. The summed E-state index contributed by atoms with van der Waals surface area (Å²) in [6.45, 7) is 0. The third-order valence-electron chi connectivity index (χ3n) is 3.87. The number of thioether (sulfide) groups is 1. The molecular formula is C16H14N5O3S-. The molecule has 0 saturated carbocycles. The molecule has 1 aromatic heterocycles. The van der Waals surface area contributed by atoms with Crippen molar-refractivity contribution in [1.82, 2.24) is 14.9 Å². The SMILES string of the molecule is COc1ccccc1-c1nnc2n1NC(c1ccc(N([O-])O)cc1)S2. The Balaban J connectivity index is 1.63. The third-order valence-corrected chi connectivity index (χ3v) is 4.96. The molecule has 2 N–H and O–H groups in total. The van der Waals surface area contributed by atoms with Crippen molar-refractivity contribution < 1.29 is 9.94 Å². The molecule has 0 saturated heterocycles. The summed E-state index contributed by atoms with van der Waals surface area (Å²) in [4.78, 5) is 0. The molecule has 0 aliphatic carbocycles. The zero-order valence-electron chi connectivity index (χ0n) is 13.2. The first-order chi connectivity index (χ1) is 12.2. The van der Waals surface area contributed by atoms with Gasteiger partial charge in [0, 0.05) is 0 Å². The van der Waals surface area contributed by atoms with Crippen LogP contribution in [-0.4, -0.2) is 27.2 Å². The van der Waals surface area contributed by atoms with E-state index in [9.17, 15) is 5.21 Å². The quantitative estimate of drug-likeness (QED) is 0.689. The first kappa shape index (κ1) is 15.8.